The largest absolute Gasteiger partial charge is 0.497 e. The highest BCUT2D eigenvalue weighted by Gasteiger charge is 2.14. The number of benzene rings is 1. The number of hydrogen-bond acceptors (Lipinski definition) is 4. The summed E-state index contributed by atoms with van der Waals surface area (Å²) < 4.78 is 10.7. The van der Waals surface area contributed by atoms with Gasteiger partial charge in [-0.05, 0) is 36.8 Å². The number of rotatable bonds is 5. The van der Waals surface area contributed by atoms with Gasteiger partial charge in [-0.25, -0.2) is 0 Å². The number of ether oxygens (including phenoxy) is 1. The van der Waals surface area contributed by atoms with Crippen LogP contribution in [0.5, 0.6) is 5.75 Å². The van der Waals surface area contributed by atoms with E-state index in [1.807, 2.05) is 37.3 Å². The first-order valence-electron chi connectivity index (χ1n) is 7.41. The lowest BCUT2D eigenvalue weighted by atomic mass is 10.1. The van der Waals surface area contributed by atoms with Crippen LogP contribution in [-0.2, 0) is 11.2 Å². The van der Waals surface area contributed by atoms with Crippen molar-refractivity contribution in [3.05, 3.63) is 60.1 Å². The molecule has 0 spiro atoms. The highest BCUT2D eigenvalue weighted by molar-refractivity contribution is 5.88. The Morgan fingerprint density at radius 1 is 1.30 bits per heavy atom. The van der Waals surface area contributed by atoms with Gasteiger partial charge >= 0.3 is 0 Å². The van der Waals surface area contributed by atoms with Gasteiger partial charge in [-0.3, -0.25) is 9.78 Å². The molecule has 0 aliphatic heterocycles. The maximum atomic E-state index is 12.3. The van der Waals surface area contributed by atoms with Gasteiger partial charge < -0.3 is 14.5 Å². The third-order valence-corrected chi connectivity index (χ3v) is 3.80. The Kier molecular flexibility index (Phi) is 4.28. The molecule has 23 heavy (non-hydrogen) atoms. The van der Waals surface area contributed by atoms with E-state index in [0.717, 1.165) is 22.3 Å². The summed E-state index contributed by atoms with van der Waals surface area (Å²) in [4.78, 5) is 16.2. The molecular formula is C18H18N2O3. The Balaban J connectivity index is 1.71. The molecule has 0 aliphatic rings. The second-order valence-electron chi connectivity index (χ2n) is 5.37. The molecule has 1 amide bonds. The monoisotopic (exact) mass is 310 g/mol. The summed E-state index contributed by atoms with van der Waals surface area (Å²) in [7, 11) is 1.61. The van der Waals surface area contributed by atoms with Crippen LogP contribution in [0, 0.1) is 0 Å². The zero-order valence-electron chi connectivity index (χ0n) is 13.1. The molecule has 118 valence electrons. The highest BCUT2D eigenvalue weighted by Crippen LogP contribution is 2.26. The number of nitrogens with one attached hydrogen (secondary N) is 1. The quantitative estimate of drug-likeness (QED) is 0.785. The molecule has 5 heteroatoms. The molecule has 3 aromatic rings. The summed E-state index contributed by atoms with van der Waals surface area (Å²) in [5, 5.41) is 3.92. The van der Waals surface area contributed by atoms with Gasteiger partial charge in [0.15, 0.2) is 0 Å². The molecule has 0 fully saturated rings. The lowest BCUT2D eigenvalue weighted by Crippen LogP contribution is -2.28. The number of methoxy groups -OCH3 is 1. The van der Waals surface area contributed by atoms with E-state index < -0.39 is 0 Å². The van der Waals surface area contributed by atoms with Crippen molar-refractivity contribution in [2.24, 2.45) is 0 Å². The van der Waals surface area contributed by atoms with E-state index in [4.69, 9.17) is 9.15 Å². The van der Waals surface area contributed by atoms with E-state index in [1.54, 1.807) is 25.8 Å². The van der Waals surface area contributed by atoms with Crippen molar-refractivity contribution in [2.45, 2.75) is 19.4 Å². The molecule has 0 aliphatic carbocycles. The number of furan rings is 1. The molecule has 0 bridgehead atoms. The molecule has 3 rings (SSSR count). The van der Waals surface area contributed by atoms with Crippen LogP contribution in [0.4, 0.5) is 0 Å². The summed E-state index contributed by atoms with van der Waals surface area (Å²) in [6, 6.07) is 9.31. The SMILES string of the molecule is COc1ccc2c(CC(=O)N[C@@H](C)c3ccncc3)coc2c1. The Bertz CT molecular complexity index is 812. The minimum atomic E-state index is -0.0660. The molecule has 1 atom stereocenters. The standard InChI is InChI=1S/C18H18N2O3/c1-12(13-5-7-19-8-6-13)20-18(21)9-14-11-23-17-10-15(22-2)3-4-16(14)17/h3-8,10-12H,9H2,1-2H3,(H,20,21)/t12-/m0/s1. The third-order valence-electron chi connectivity index (χ3n) is 3.80. The number of aromatic nitrogens is 1. The zero-order chi connectivity index (χ0) is 16.2. The minimum absolute atomic E-state index is 0.0483. The van der Waals surface area contributed by atoms with Gasteiger partial charge in [0.05, 0.1) is 25.8 Å². The molecule has 5 nitrogen and oxygen atoms in total. The van der Waals surface area contributed by atoms with Crippen LogP contribution in [-0.4, -0.2) is 18.0 Å². The number of amides is 1. The van der Waals surface area contributed by atoms with Crippen LogP contribution < -0.4 is 10.1 Å². The van der Waals surface area contributed by atoms with Crippen molar-refractivity contribution in [3.8, 4) is 5.75 Å². The number of fused-ring (bicyclic) bond motifs is 1. The summed E-state index contributed by atoms with van der Waals surface area (Å²) in [5.74, 6) is 0.682. The second kappa shape index (κ2) is 6.52. The Morgan fingerprint density at radius 2 is 2.09 bits per heavy atom. The maximum Gasteiger partial charge on any atom is 0.225 e. The normalized spacial score (nSPS) is 12.1. The Hall–Kier alpha value is -2.82. The van der Waals surface area contributed by atoms with Gasteiger partial charge in [-0.2, -0.15) is 0 Å². The molecule has 0 saturated heterocycles. The molecule has 2 aromatic heterocycles. The number of carbonyl (C=O) groups excluding carboxylic acids is 1. The molecule has 1 aromatic carbocycles. The maximum absolute atomic E-state index is 12.3. The summed E-state index contributed by atoms with van der Waals surface area (Å²) in [6.45, 7) is 1.95. The summed E-state index contributed by atoms with van der Waals surface area (Å²) in [6.07, 6.45) is 5.33. The topological polar surface area (TPSA) is 64.4 Å². The molecule has 0 radical (unpaired) electrons. The van der Waals surface area contributed by atoms with E-state index >= 15 is 0 Å². The van der Waals surface area contributed by atoms with Gasteiger partial charge in [-0.15, -0.1) is 0 Å². The first-order chi connectivity index (χ1) is 11.2. The Labute approximate surface area is 134 Å². The second-order valence-corrected chi connectivity index (χ2v) is 5.37. The molecule has 1 N–H and O–H groups in total. The van der Waals surface area contributed by atoms with E-state index in [9.17, 15) is 4.79 Å². The summed E-state index contributed by atoms with van der Waals surface area (Å²) >= 11 is 0. The number of carbonyl (C=O) groups is 1. The van der Waals surface area contributed by atoms with E-state index in [1.165, 1.54) is 0 Å². The lowest BCUT2D eigenvalue weighted by Gasteiger charge is -2.13. The number of pyridine rings is 1. The van der Waals surface area contributed by atoms with Crippen molar-refractivity contribution in [2.75, 3.05) is 7.11 Å². The third kappa shape index (κ3) is 3.34. The van der Waals surface area contributed by atoms with Gasteiger partial charge in [0.25, 0.3) is 0 Å². The van der Waals surface area contributed by atoms with Crippen LogP contribution in [0.25, 0.3) is 11.0 Å². The fourth-order valence-corrected chi connectivity index (χ4v) is 2.53. The van der Waals surface area contributed by atoms with Gasteiger partial charge in [0, 0.05) is 29.4 Å². The van der Waals surface area contributed by atoms with Crippen molar-refractivity contribution < 1.29 is 13.9 Å². The molecule has 2 heterocycles. The average molecular weight is 310 g/mol. The van der Waals surface area contributed by atoms with Gasteiger partial charge in [-0.1, -0.05) is 0 Å². The molecule has 0 saturated carbocycles. The van der Waals surface area contributed by atoms with Crippen molar-refractivity contribution in [1.29, 1.82) is 0 Å². The van der Waals surface area contributed by atoms with Gasteiger partial charge in [0.2, 0.25) is 5.91 Å². The average Bonchev–Trinajstić information content (AvgIpc) is 2.97. The smallest absolute Gasteiger partial charge is 0.225 e. The van der Waals surface area contributed by atoms with Crippen LogP contribution in [0.3, 0.4) is 0 Å². The van der Waals surface area contributed by atoms with E-state index in [-0.39, 0.29) is 18.4 Å². The predicted octanol–water partition coefficient (Wildman–Crippen LogP) is 3.26. The highest BCUT2D eigenvalue weighted by atomic mass is 16.5. The fraction of sp³-hybridized carbons (Fsp3) is 0.222. The van der Waals surface area contributed by atoms with Crippen molar-refractivity contribution >= 4 is 16.9 Å². The lowest BCUT2D eigenvalue weighted by molar-refractivity contribution is -0.121. The fourth-order valence-electron chi connectivity index (χ4n) is 2.53. The van der Waals surface area contributed by atoms with Crippen LogP contribution in [0.15, 0.2) is 53.4 Å². The van der Waals surface area contributed by atoms with Crippen molar-refractivity contribution in [3.63, 3.8) is 0 Å². The van der Waals surface area contributed by atoms with Crippen LogP contribution >= 0.6 is 0 Å². The Morgan fingerprint density at radius 3 is 2.83 bits per heavy atom. The van der Waals surface area contributed by atoms with Crippen LogP contribution in [0.1, 0.15) is 24.1 Å². The first kappa shape index (κ1) is 15.1. The predicted molar refractivity (Wildman–Crippen MR) is 87.3 cm³/mol. The van der Waals surface area contributed by atoms with E-state index in [0.29, 0.717) is 5.58 Å². The zero-order valence-corrected chi connectivity index (χ0v) is 13.1. The van der Waals surface area contributed by atoms with Crippen molar-refractivity contribution in [1.82, 2.24) is 10.3 Å². The number of hydrogen-bond donors (Lipinski definition) is 1. The number of nitrogens with zero attached hydrogens (tertiary/aromatic N) is 1. The molecular weight excluding hydrogens is 292 g/mol. The first-order valence-corrected chi connectivity index (χ1v) is 7.41. The van der Waals surface area contributed by atoms with Crippen LogP contribution in [0.2, 0.25) is 0 Å². The van der Waals surface area contributed by atoms with Gasteiger partial charge in [0.1, 0.15) is 11.3 Å². The van der Waals surface area contributed by atoms with E-state index in [2.05, 4.69) is 10.3 Å². The summed E-state index contributed by atoms with van der Waals surface area (Å²) in [5.41, 5.74) is 2.60. The minimum Gasteiger partial charge on any atom is -0.497 e. The molecule has 0 unspecified atom stereocenters.